The van der Waals surface area contributed by atoms with Crippen molar-refractivity contribution >= 4 is 43.2 Å². The number of rotatable bonds is 10. The third-order valence-electron chi connectivity index (χ3n) is 8.32. The maximum absolute atomic E-state index is 12.3. The minimum atomic E-state index is -3.31. The number of aliphatic hydroxyl groups excluding tert-OH is 2. The van der Waals surface area contributed by atoms with Gasteiger partial charge in [-0.1, -0.05) is 6.92 Å². The second-order valence-corrected chi connectivity index (χ2v) is 14.8. The van der Waals surface area contributed by atoms with E-state index in [1.165, 1.54) is 12.8 Å². The van der Waals surface area contributed by atoms with Crippen LogP contribution < -0.4 is 10.6 Å². The summed E-state index contributed by atoms with van der Waals surface area (Å²) in [5.41, 5.74) is 3.44. The van der Waals surface area contributed by atoms with Gasteiger partial charge >= 0.3 is 0 Å². The van der Waals surface area contributed by atoms with Crippen molar-refractivity contribution in [2.45, 2.75) is 83.1 Å². The molecule has 3 aromatic rings. The highest BCUT2D eigenvalue weighted by molar-refractivity contribution is 7.91. The maximum Gasteiger partial charge on any atom is 0.225 e. The molecule has 3 aromatic heterocycles. The fourth-order valence-electron chi connectivity index (χ4n) is 5.61. The number of pyridine rings is 1. The lowest BCUT2D eigenvalue weighted by Crippen LogP contribution is -2.36. The normalized spacial score (nSPS) is 26.2. The highest BCUT2D eigenvalue weighted by Crippen LogP contribution is 2.45. The molecular weight excluding hydrogens is 536 g/mol. The summed E-state index contributed by atoms with van der Waals surface area (Å²) in [5.74, 6) is 1.37. The van der Waals surface area contributed by atoms with E-state index in [0.717, 1.165) is 45.0 Å². The molecule has 6 rings (SSSR count). The summed E-state index contributed by atoms with van der Waals surface area (Å²) < 4.78 is 25.6. The zero-order chi connectivity index (χ0) is 27.5. The third kappa shape index (κ3) is 5.48. The second-order valence-electron chi connectivity index (χ2n) is 11.4. The van der Waals surface area contributed by atoms with Crippen LogP contribution in [0.5, 0.6) is 0 Å². The van der Waals surface area contributed by atoms with E-state index >= 15 is 0 Å². The van der Waals surface area contributed by atoms with Crippen molar-refractivity contribution < 1.29 is 18.6 Å². The minimum Gasteiger partial charge on any atom is -0.390 e. The lowest BCUT2D eigenvalue weighted by atomic mass is 10.1. The molecule has 0 amide bonds. The zero-order valence-corrected chi connectivity index (χ0v) is 24.1. The Morgan fingerprint density at radius 1 is 1.13 bits per heavy atom. The highest BCUT2D eigenvalue weighted by atomic mass is 32.2. The van der Waals surface area contributed by atoms with Crippen molar-refractivity contribution in [1.82, 2.24) is 19.9 Å². The third-order valence-corrected chi connectivity index (χ3v) is 11.2. The Morgan fingerprint density at radius 2 is 1.90 bits per heavy atom. The van der Waals surface area contributed by atoms with E-state index in [2.05, 4.69) is 22.5 Å². The van der Waals surface area contributed by atoms with Crippen LogP contribution in [0.25, 0.3) is 20.8 Å². The van der Waals surface area contributed by atoms with Gasteiger partial charge < -0.3 is 20.8 Å². The number of hydrogen-bond donors (Lipinski definition) is 4. The number of hydrogen-bond acceptors (Lipinski definition) is 11. The summed E-state index contributed by atoms with van der Waals surface area (Å²) >= 11 is 1.56. The van der Waals surface area contributed by atoms with Crippen LogP contribution in [-0.4, -0.2) is 74.4 Å². The number of thiazole rings is 1. The van der Waals surface area contributed by atoms with E-state index in [-0.39, 0.29) is 17.5 Å². The Labute approximate surface area is 232 Å². The molecule has 0 aliphatic heterocycles. The Bertz CT molecular complexity index is 1490. The summed E-state index contributed by atoms with van der Waals surface area (Å²) in [6, 6.07) is 1.64. The van der Waals surface area contributed by atoms with Crippen molar-refractivity contribution in [1.29, 1.82) is 0 Å². The van der Waals surface area contributed by atoms with Gasteiger partial charge in [-0.2, -0.15) is 4.98 Å². The minimum absolute atomic E-state index is 0.00316. The molecule has 12 heteroatoms. The van der Waals surface area contributed by atoms with Crippen LogP contribution in [0.1, 0.15) is 63.3 Å². The molecule has 210 valence electrons. The molecule has 0 spiro atoms. The fourth-order valence-corrected chi connectivity index (χ4v) is 7.89. The maximum atomic E-state index is 12.3. The Balaban J connectivity index is 1.37. The van der Waals surface area contributed by atoms with Crippen molar-refractivity contribution in [2.75, 3.05) is 22.1 Å². The first-order chi connectivity index (χ1) is 18.6. The molecule has 0 bridgehead atoms. The van der Waals surface area contributed by atoms with Gasteiger partial charge in [-0.3, -0.25) is 4.98 Å². The first kappa shape index (κ1) is 26.8. The van der Waals surface area contributed by atoms with Gasteiger partial charge in [0.25, 0.3) is 0 Å². The van der Waals surface area contributed by atoms with Crippen LogP contribution in [0.15, 0.2) is 12.3 Å². The van der Waals surface area contributed by atoms with Gasteiger partial charge in [0.1, 0.15) is 32.3 Å². The SMILES string of the molecule is CCS(=O)(=O)CC1CC(Nc2nc(NC(C)C3CC3)nc(C)c2-c2nc3c(C4CC4)nccc3s2)C(O)C1O. The van der Waals surface area contributed by atoms with Crippen LogP contribution in [0.4, 0.5) is 11.8 Å². The fraction of sp³-hybridized carbons (Fsp3) is 0.630. The molecule has 3 aliphatic rings. The second kappa shape index (κ2) is 10.2. The largest absolute Gasteiger partial charge is 0.390 e. The molecule has 0 aromatic carbocycles. The molecule has 3 heterocycles. The molecule has 3 saturated carbocycles. The van der Waals surface area contributed by atoms with Gasteiger partial charge in [-0.25, -0.2) is 18.4 Å². The van der Waals surface area contributed by atoms with Gasteiger partial charge in [0, 0.05) is 29.8 Å². The molecule has 5 unspecified atom stereocenters. The summed E-state index contributed by atoms with van der Waals surface area (Å²) in [6.07, 6.45) is 4.51. The zero-order valence-electron chi connectivity index (χ0n) is 22.5. The van der Waals surface area contributed by atoms with Crippen LogP contribution in [0.2, 0.25) is 0 Å². The first-order valence-corrected chi connectivity index (χ1v) is 16.5. The van der Waals surface area contributed by atoms with Gasteiger partial charge in [0.15, 0.2) is 0 Å². The average molecular weight is 573 g/mol. The van der Waals surface area contributed by atoms with E-state index in [1.807, 2.05) is 19.2 Å². The molecule has 3 fully saturated rings. The van der Waals surface area contributed by atoms with Gasteiger partial charge in [-0.15, -0.1) is 11.3 Å². The standard InChI is InChI=1S/C27H36N6O4S2/c1-4-39(36,37)12-17-11-18(24(35)23(17)34)31-25-20(14(3)30-27(33-25)29-13(2)15-5-6-15)26-32-22-19(38-26)9-10-28-21(22)16-7-8-16/h9-10,13,15-18,23-24,34-35H,4-8,11-12H2,1-3H3,(H2,29,30,31,33). The lowest BCUT2D eigenvalue weighted by Gasteiger charge is -2.22. The molecule has 5 atom stereocenters. The number of fused-ring (bicyclic) bond motifs is 1. The number of aromatic nitrogens is 4. The Kier molecular flexibility index (Phi) is 7.01. The summed E-state index contributed by atoms with van der Waals surface area (Å²) in [5, 5.41) is 29.2. The number of anilines is 2. The molecule has 10 nitrogen and oxygen atoms in total. The monoisotopic (exact) mass is 572 g/mol. The van der Waals surface area contributed by atoms with E-state index in [1.54, 1.807) is 18.3 Å². The summed E-state index contributed by atoms with van der Waals surface area (Å²) in [4.78, 5) is 19.2. The molecule has 0 saturated heterocycles. The van der Waals surface area contributed by atoms with Crippen LogP contribution in [0, 0.1) is 18.8 Å². The molecule has 4 N–H and O–H groups in total. The van der Waals surface area contributed by atoms with Crippen LogP contribution in [0.3, 0.4) is 0 Å². The van der Waals surface area contributed by atoms with Crippen molar-refractivity contribution in [3.63, 3.8) is 0 Å². The summed E-state index contributed by atoms with van der Waals surface area (Å²) in [6.45, 7) is 5.66. The molecule has 39 heavy (non-hydrogen) atoms. The quantitative estimate of drug-likeness (QED) is 0.284. The lowest BCUT2D eigenvalue weighted by molar-refractivity contribution is 0.0216. The van der Waals surface area contributed by atoms with E-state index < -0.39 is 34.0 Å². The first-order valence-electron chi connectivity index (χ1n) is 13.9. The molecule has 0 radical (unpaired) electrons. The number of sulfone groups is 1. The van der Waals surface area contributed by atoms with Crippen LogP contribution in [-0.2, 0) is 9.84 Å². The van der Waals surface area contributed by atoms with Crippen molar-refractivity contribution in [2.24, 2.45) is 11.8 Å². The van der Waals surface area contributed by atoms with E-state index in [4.69, 9.17) is 15.0 Å². The van der Waals surface area contributed by atoms with Gasteiger partial charge in [0.05, 0.1) is 39.5 Å². The highest BCUT2D eigenvalue weighted by Gasteiger charge is 2.43. The molecular formula is C27H36N6O4S2. The van der Waals surface area contributed by atoms with Crippen molar-refractivity contribution in [3.05, 3.63) is 23.7 Å². The number of nitrogens with zero attached hydrogens (tertiary/aromatic N) is 4. The summed E-state index contributed by atoms with van der Waals surface area (Å²) in [7, 11) is -3.31. The number of aliphatic hydroxyl groups is 2. The topological polar surface area (TPSA) is 150 Å². The van der Waals surface area contributed by atoms with Crippen molar-refractivity contribution in [3.8, 4) is 10.6 Å². The average Bonchev–Trinajstić information content (AvgIpc) is 3.82. The Morgan fingerprint density at radius 3 is 2.59 bits per heavy atom. The number of aryl methyl sites for hydroxylation is 1. The predicted molar refractivity (Wildman–Crippen MR) is 153 cm³/mol. The Hall–Kier alpha value is -2.41. The number of nitrogens with one attached hydrogen (secondary N) is 2. The van der Waals surface area contributed by atoms with Crippen LogP contribution >= 0.6 is 11.3 Å². The van der Waals surface area contributed by atoms with E-state index in [9.17, 15) is 18.6 Å². The van der Waals surface area contributed by atoms with Gasteiger partial charge in [-0.05, 0) is 57.9 Å². The van der Waals surface area contributed by atoms with E-state index in [0.29, 0.717) is 30.0 Å². The smallest absolute Gasteiger partial charge is 0.225 e. The molecule has 3 aliphatic carbocycles. The van der Waals surface area contributed by atoms with Gasteiger partial charge in [0.2, 0.25) is 5.95 Å². The predicted octanol–water partition coefficient (Wildman–Crippen LogP) is 3.50.